The van der Waals surface area contributed by atoms with Gasteiger partial charge in [-0.25, -0.2) is 4.98 Å². The Morgan fingerprint density at radius 2 is 2.06 bits per heavy atom. The summed E-state index contributed by atoms with van der Waals surface area (Å²) in [6.45, 7) is 4.61. The Bertz CT molecular complexity index is 369. The van der Waals surface area contributed by atoms with E-state index in [1.807, 2.05) is 13.8 Å². The molecule has 0 aromatic carbocycles. The number of hydrogen-bond acceptors (Lipinski definition) is 4. The molecule has 0 spiro atoms. The van der Waals surface area contributed by atoms with Crippen LogP contribution in [0.2, 0.25) is 0 Å². The molecule has 1 aliphatic carbocycles. The van der Waals surface area contributed by atoms with Gasteiger partial charge in [0, 0.05) is 12.7 Å². The molecule has 4 heteroatoms. The maximum absolute atomic E-state index is 5.89. The molecule has 1 aliphatic rings. The predicted octanol–water partition coefficient (Wildman–Crippen LogP) is 1.78. The number of rotatable bonds is 3. The normalized spacial score (nSPS) is 18.7. The van der Waals surface area contributed by atoms with Crippen molar-refractivity contribution in [2.45, 2.75) is 45.1 Å². The second-order valence-corrected chi connectivity index (χ2v) is 4.76. The molecule has 1 heterocycles. The van der Waals surface area contributed by atoms with Crippen molar-refractivity contribution in [3.63, 3.8) is 0 Å². The maximum atomic E-state index is 5.89. The zero-order chi connectivity index (χ0) is 11.6. The van der Waals surface area contributed by atoms with Gasteiger partial charge in [-0.2, -0.15) is 0 Å². The molecule has 2 rings (SSSR count). The first-order chi connectivity index (χ1) is 7.65. The maximum Gasteiger partial charge on any atom is 0.148 e. The molecule has 16 heavy (non-hydrogen) atoms. The van der Waals surface area contributed by atoms with E-state index in [9.17, 15) is 0 Å². The fourth-order valence-electron chi connectivity index (χ4n) is 2.34. The first kappa shape index (κ1) is 11.3. The van der Waals surface area contributed by atoms with Crippen molar-refractivity contribution < 1.29 is 0 Å². The van der Waals surface area contributed by atoms with Gasteiger partial charge in [0.25, 0.3) is 0 Å². The van der Waals surface area contributed by atoms with E-state index >= 15 is 0 Å². The van der Waals surface area contributed by atoms with Crippen molar-refractivity contribution in [2.75, 3.05) is 11.9 Å². The molecule has 0 unspecified atom stereocenters. The Labute approximate surface area is 96.7 Å². The Hall–Kier alpha value is -1.16. The van der Waals surface area contributed by atoms with E-state index in [2.05, 4.69) is 15.3 Å². The second kappa shape index (κ2) is 4.37. The van der Waals surface area contributed by atoms with Crippen molar-refractivity contribution in [3.8, 4) is 0 Å². The molecule has 0 saturated heterocycles. The molecule has 1 aromatic rings. The lowest BCUT2D eigenvalue weighted by Gasteiger charge is -2.29. The van der Waals surface area contributed by atoms with Gasteiger partial charge in [0.1, 0.15) is 5.82 Å². The van der Waals surface area contributed by atoms with E-state index in [1.165, 1.54) is 12.8 Å². The van der Waals surface area contributed by atoms with Crippen molar-refractivity contribution >= 4 is 5.82 Å². The average Bonchev–Trinajstić information content (AvgIpc) is 2.73. The first-order valence-electron chi connectivity index (χ1n) is 5.94. The summed E-state index contributed by atoms with van der Waals surface area (Å²) in [6.07, 6.45) is 6.58. The lowest BCUT2D eigenvalue weighted by atomic mass is 9.98. The SMILES string of the molecule is Cc1cnc(C)c(NC2(CN)CCCC2)n1. The smallest absolute Gasteiger partial charge is 0.148 e. The summed E-state index contributed by atoms with van der Waals surface area (Å²) in [5, 5.41) is 3.51. The summed E-state index contributed by atoms with van der Waals surface area (Å²) < 4.78 is 0. The van der Waals surface area contributed by atoms with Gasteiger partial charge in [-0.1, -0.05) is 12.8 Å². The van der Waals surface area contributed by atoms with Crippen LogP contribution in [-0.4, -0.2) is 22.1 Å². The van der Waals surface area contributed by atoms with Crippen LogP contribution in [-0.2, 0) is 0 Å². The van der Waals surface area contributed by atoms with Gasteiger partial charge >= 0.3 is 0 Å². The standard InChI is InChI=1S/C12H20N4/c1-9-7-14-10(2)11(15-9)16-12(8-13)5-3-4-6-12/h7H,3-6,8,13H2,1-2H3,(H,15,16). The van der Waals surface area contributed by atoms with Gasteiger partial charge < -0.3 is 11.1 Å². The number of nitrogens with two attached hydrogens (primary N) is 1. The van der Waals surface area contributed by atoms with Crippen molar-refractivity contribution in [1.82, 2.24) is 9.97 Å². The first-order valence-corrected chi connectivity index (χ1v) is 5.94. The number of aryl methyl sites for hydroxylation is 2. The third-order valence-electron chi connectivity index (χ3n) is 3.41. The molecule has 1 aromatic heterocycles. The van der Waals surface area contributed by atoms with E-state index in [1.54, 1.807) is 6.20 Å². The molecule has 0 bridgehead atoms. The molecule has 88 valence electrons. The van der Waals surface area contributed by atoms with Gasteiger partial charge in [0.15, 0.2) is 0 Å². The third kappa shape index (κ3) is 2.16. The predicted molar refractivity (Wildman–Crippen MR) is 65.4 cm³/mol. The molecular formula is C12H20N4. The van der Waals surface area contributed by atoms with Crippen LogP contribution in [0.25, 0.3) is 0 Å². The molecule has 0 aliphatic heterocycles. The van der Waals surface area contributed by atoms with Crippen LogP contribution >= 0.6 is 0 Å². The van der Waals surface area contributed by atoms with Crippen molar-refractivity contribution in [3.05, 3.63) is 17.6 Å². The van der Waals surface area contributed by atoms with Crippen LogP contribution in [0.4, 0.5) is 5.82 Å². The summed E-state index contributed by atoms with van der Waals surface area (Å²) in [4.78, 5) is 8.82. The van der Waals surface area contributed by atoms with E-state index in [0.29, 0.717) is 6.54 Å². The summed E-state index contributed by atoms with van der Waals surface area (Å²) in [5.41, 5.74) is 7.84. The van der Waals surface area contributed by atoms with Gasteiger partial charge in [-0.15, -0.1) is 0 Å². The molecule has 0 atom stereocenters. The molecule has 0 radical (unpaired) electrons. The lowest BCUT2D eigenvalue weighted by Crippen LogP contribution is -2.43. The zero-order valence-corrected chi connectivity index (χ0v) is 10.1. The highest BCUT2D eigenvalue weighted by atomic mass is 15.1. The molecule has 3 N–H and O–H groups in total. The van der Waals surface area contributed by atoms with Gasteiger partial charge in [0.05, 0.1) is 16.9 Å². The quantitative estimate of drug-likeness (QED) is 0.815. The van der Waals surface area contributed by atoms with Gasteiger partial charge in [-0.05, 0) is 26.7 Å². The Balaban J connectivity index is 2.21. The minimum absolute atomic E-state index is 0.0488. The van der Waals surface area contributed by atoms with E-state index < -0.39 is 0 Å². The summed E-state index contributed by atoms with van der Waals surface area (Å²) >= 11 is 0. The average molecular weight is 220 g/mol. The highest BCUT2D eigenvalue weighted by molar-refractivity contribution is 5.43. The van der Waals surface area contributed by atoms with Crippen molar-refractivity contribution in [2.24, 2.45) is 5.73 Å². The van der Waals surface area contributed by atoms with Gasteiger partial charge in [-0.3, -0.25) is 4.98 Å². The van der Waals surface area contributed by atoms with Crippen LogP contribution in [0.15, 0.2) is 6.20 Å². The van der Waals surface area contributed by atoms with E-state index in [4.69, 9.17) is 5.73 Å². The molecule has 1 saturated carbocycles. The molecule has 4 nitrogen and oxygen atoms in total. The number of aromatic nitrogens is 2. The fourth-order valence-corrected chi connectivity index (χ4v) is 2.34. The molecule has 1 fully saturated rings. The lowest BCUT2D eigenvalue weighted by molar-refractivity contribution is 0.490. The van der Waals surface area contributed by atoms with Crippen LogP contribution in [0.3, 0.4) is 0 Å². The highest BCUT2D eigenvalue weighted by Gasteiger charge is 2.32. The van der Waals surface area contributed by atoms with Crippen molar-refractivity contribution in [1.29, 1.82) is 0 Å². The van der Waals surface area contributed by atoms with Crippen LogP contribution < -0.4 is 11.1 Å². The Kier molecular flexibility index (Phi) is 3.10. The number of anilines is 1. The van der Waals surface area contributed by atoms with Gasteiger partial charge in [0.2, 0.25) is 0 Å². The highest BCUT2D eigenvalue weighted by Crippen LogP contribution is 2.32. The minimum Gasteiger partial charge on any atom is -0.362 e. The van der Waals surface area contributed by atoms with Crippen LogP contribution in [0.1, 0.15) is 37.1 Å². The van der Waals surface area contributed by atoms with E-state index in [-0.39, 0.29) is 5.54 Å². The molecule has 0 amide bonds. The van der Waals surface area contributed by atoms with E-state index in [0.717, 1.165) is 30.0 Å². The minimum atomic E-state index is 0.0488. The van der Waals surface area contributed by atoms with Crippen LogP contribution in [0.5, 0.6) is 0 Å². The summed E-state index contributed by atoms with van der Waals surface area (Å²) in [7, 11) is 0. The largest absolute Gasteiger partial charge is 0.362 e. The fraction of sp³-hybridized carbons (Fsp3) is 0.667. The summed E-state index contributed by atoms with van der Waals surface area (Å²) in [5.74, 6) is 0.896. The number of nitrogens with one attached hydrogen (secondary N) is 1. The molecular weight excluding hydrogens is 200 g/mol. The number of nitrogens with zero attached hydrogens (tertiary/aromatic N) is 2. The topological polar surface area (TPSA) is 63.8 Å². The third-order valence-corrected chi connectivity index (χ3v) is 3.41. The summed E-state index contributed by atoms with van der Waals surface area (Å²) in [6, 6.07) is 0. The Morgan fingerprint density at radius 1 is 1.38 bits per heavy atom. The Morgan fingerprint density at radius 3 is 2.69 bits per heavy atom. The van der Waals surface area contributed by atoms with Crippen LogP contribution in [0, 0.1) is 13.8 Å². The second-order valence-electron chi connectivity index (χ2n) is 4.76. The number of hydrogen-bond donors (Lipinski definition) is 2. The monoisotopic (exact) mass is 220 g/mol. The zero-order valence-electron chi connectivity index (χ0n) is 10.1.